The molecule has 2 fully saturated rings. The second kappa shape index (κ2) is 4.12. The minimum atomic E-state index is -0.868. The summed E-state index contributed by atoms with van der Waals surface area (Å²) in [4.78, 5) is 24.7. The van der Waals surface area contributed by atoms with Crippen LogP contribution < -0.4 is 0 Å². The topological polar surface area (TPSA) is 76.1 Å². The second-order valence-electron chi connectivity index (χ2n) is 6.05. The molecule has 6 nitrogen and oxygen atoms in total. The van der Waals surface area contributed by atoms with Crippen molar-refractivity contribution in [3.05, 3.63) is 0 Å². The van der Waals surface area contributed by atoms with Gasteiger partial charge in [0.25, 0.3) is 0 Å². The highest BCUT2D eigenvalue weighted by atomic mass is 16.6. The Hall–Kier alpha value is -1.30. The molecule has 1 spiro atoms. The third kappa shape index (κ3) is 2.29. The van der Waals surface area contributed by atoms with Gasteiger partial charge in [-0.1, -0.05) is 0 Å². The van der Waals surface area contributed by atoms with E-state index in [-0.39, 0.29) is 6.54 Å². The molecule has 0 unspecified atom stereocenters. The molecule has 102 valence electrons. The number of hydrogen-bond acceptors (Lipinski definition) is 4. The number of hydrogen-bond donors (Lipinski definition) is 1. The van der Waals surface area contributed by atoms with E-state index in [0.29, 0.717) is 19.6 Å². The van der Waals surface area contributed by atoms with Gasteiger partial charge in [0.1, 0.15) is 5.60 Å². The van der Waals surface area contributed by atoms with E-state index in [0.717, 1.165) is 0 Å². The molecule has 0 aromatic heterocycles. The Balaban J connectivity index is 2.11. The summed E-state index contributed by atoms with van der Waals surface area (Å²) >= 11 is 0. The molecule has 2 aliphatic rings. The van der Waals surface area contributed by atoms with Crippen LogP contribution in [0.3, 0.4) is 0 Å². The number of carboxylic acids is 1. The average Bonchev–Trinajstić information content (AvgIpc) is 2.53. The van der Waals surface area contributed by atoms with Gasteiger partial charge < -0.3 is 14.6 Å². The Morgan fingerprint density at radius 2 is 2.00 bits per heavy atom. The van der Waals surface area contributed by atoms with Gasteiger partial charge in [0, 0.05) is 6.54 Å². The van der Waals surface area contributed by atoms with E-state index >= 15 is 0 Å². The van der Waals surface area contributed by atoms with Crippen LogP contribution in [0.2, 0.25) is 0 Å². The molecule has 2 saturated heterocycles. The molecule has 0 aromatic rings. The van der Waals surface area contributed by atoms with E-state index in [2.05, 4.69) is 0 Å². The molecule has 0 saturated carbocycles. The maximum atomic E-state index is 12.1. The lowest BCUT2D eigenvalue weighted by molar-refractivity contribution is -0.142. The monoisotopic (exact) mass is 257 g/mol. The summed E-state index contributed by atoms with van der Waals surface area (Å²) in [6.07, 6.45) is -0.00348. The molecule has 1 atom stereocenters. The van der Waals surface area contributed by atoms with Crippen molar-refractivity contribution in [1.29, 1.82) is 0 Å². The Morgan fingerprint density at radius 1 is 1.39 bits per heavy atom. The van der Waals surface area contributed by atoms with Crippen LogP contribution in [-0.2, 0) is 14.3 Å². The fourth-order valence-corrected chi connectivity index (χ4v) is 2.41. The molecule has 0 aromatic carbocycles. The molecule has 2 aliphatic heterocycles. The van der Waals surface area contributed by atoms with Crippen LogP contribution in [0.25, 0.3) is 0 Å². The third-order valence-electron chi connectivity index (χ3n) is 3.31. The number of rotatable bonds is 1. The molecule has 0 radical (unpaired) electrons. The number of carbonyl (C=O) groups excluding carboxylic acids is 1. The van der Waals surface area contributed by atoms with Crippen molar-refractivity contribution in [1.82, 2.24) is 4.90 Å². The fourth-order valence-electron chi connectivity index (χ4n) is 2.41. The van der Waals surface area contributed by atoms with Crippen molar-refractivity contribution in [3.63, 3.8) is 0 Å². The third-order valence-corrected chi connectivity index (χ3v) is 3.31. The van der Waals surface area contributed by atoms with Crippen LogP contribution in [0.1, 0.15) is 27.2 Å². The van der Waals surface area contributed by atoms with Gasteiger partial charge in [-0.15, -0.1) is 0 Å². The van der Waals surface area contributed by atoms with Crippen molar-refractivity contribution in [2.75, 3.05) is 19.8 Å². The zero-order chi connectivity index (χ0) is 13.6. The number of aliphatic carboxylic acids is 1. The van der Waals surface area contributed by atoms with Gasteiger partial charge in [-0.3, -0.25) is 9.69 Å². The van der Waals surface area contributed by atoms with Gasteiger partial charge in [-0.05, 0) is 27.2 Å². The van der Waals surface area contributed by atoms with Crippen LogP contribution in [-0.4, -0.2) is 53.0 Å². The predicted octanol–water partition coefficient (Wildman–Crippen LogP) is 1.10. The second-order valence-corrected chi connectivity index (χ2v) is 6.05. The lowest BCUT2D eigenvalue weighted by Gasteiger charge is -2.44. The summed E-state index contributed by atoms with van der Waals surface area (Å²) in [6, 6.07) is 0. The van der Waals surface area contributed by atoms with Crippen LogP contribution in [0.4, 0.5) is 4.79 Å². The van der Waals surface area contributed by atoms with Gasteiger partial charge in [0.2, 0.25) is 0 Å². The summed E-state index contributed by atoms with van der Waals surface area (Å²) in [6.45, 7) is 6.37. The Kier molecular flexibility index (Phi) is 3.01. The number of carboxylic acid groups (broad SMARTS) is 1. The van der Waals surface area contributed by atoms with Gasteiger partial charge in [0.15, 0.2) is 0 Å². The summed E-state index contributed by atoms with van der Waals surface area (Å²) in [5, 5.41) is 9.08. The van der Waals surface area contributed by atoms with E-state index in [1.807, 2.05) is 0 Å². The first-order valence-electron chi connectivity index (χ1n) is 6.05. The summed E-state index contributed by atoms with van der Waals surface area (Å²) < 4.78 is 10.5. The SMILES string of the molecule is CC(C)(C)OC(=O)N1C[C@@H](C(=O)O)CC12COC2. The van der Waals surface area contributed by atoms with Gasteiger partial charge in [-0.25, -0.2) is 4.79 Å². The van der Waals surface area contributed by atoms with Crippen molar-refractivity contribution in [2.24, 2.45) is 5.92 Å². The van der Waals surface area contributed by atoms with Gasteiger partial charge in [-0.2, -0.15) is 0 Å². The number of ether oxygens (including phenoxy) is 2. The Bertz CT molecular complexity index is 369. The zero-order valence-corrected chi connectivity index (χ0v) is 10.9. The van der Waals surface area contributed by atoms with Gasteiger partial charge >= 0.3 is 12.1 Å². The number of carbonyl (C=O) groups is 2. The van der Waals surface area contributed by atoms with E-state index in [1.54, 1.807) is 20.8 Å². The smallest absolute Gasteiger partial charge is 0.410 e. The largest absolute Gasteiger partial charge is 0.481 e. The Morgan fingerprint density at radius 3 is 2.39 bits per heavy atom. The van der Waals surface area contributed by atoms with Crippen molar-refractivity contribution in [3.8, 4) is 0 Å². The predicted molar refractivity (Wildman–Crippen MR) is 62.2 cm³/mol. The van der Waals surface area contributed by atoms with Gasteiger partial charge in [0.05, 0.1) is 24.7 Å². The van der Waals surface area contributed by atoms with Crippen LogP contribution in [0.15, 0.2) is 0 Å². The Labute approximate surface area is 106 Å². The van der Waals surface area contributed by atoms with Crippen molar-refractivity contribution >= 4 is 12.1 Å². The quantitative estimate of drug-likeness (QED) is 0.761. The molecular formula is C12H19NO5. The fraction of sp³-hybridized carbons (Fsp3) is 0.833. The lowest BCUT2D eigenvalue weighted by atomic mass is 9.90. The minimum absolute atomic E-state index is 0.202. The highest BCUT2D eigenvalue weighted by molar-refractivity contribution is 5.75. The normalized spacial score (nSPS) is 25.9. The molecular weight excluding hydrogens is 238 g/mol. The molecule has 2 rings (SSSR count). The first kappa shape index (κ1) is 13.1. The summed E-state index contributed by atoms with van der Waals surface area (Å²) in [5.74, 6) is -1.39. The summed E-state index contributed by atoms with van der Waals surface area (Å²) in [7, 11) is 0. The maximum Gasteiger partial charge on any atom is 0.410 e. The number of amides is 1. The molecule has 6 heteroatoms. The molecule has 0 bridgehead atoms. The van der Waals surface area contributed by atoms with Crippen LogP contribution in [0.5, 0.6) is 0 Å². The van der Waals surface area contributed by atoms with Crippen molar-refractivity contribution in [2.45, 2.75) is 38.3 Å². The lowest BCUT2D eigenvalue weighted by Crippen LogP contribution is -2.61. The first-order valence-corrected chi connectivity index (χ1v) is 6.05. The van der Waals surface area contributed by atoms with E-state index in [1.165, 1.54) is 4.90 Å². The average molecular weight is 257 g/mol. The highest BCUT2D eigenvalue weighted by Gasteiger charge is 2.55. The number of nitrogens with zero attached hydrogens (tertiary/aromatic N) is 1. The number of likely N-dealkylation sites (tertiary alicyclic amines) is 1. The standard InChI is InChI=1S/C12H19NO5/c1-11(2,3)18-10(16)13-5-8(9(14)15)4-12(13)6-17-7-12/h8H,4-7H2,1-3H3,(H,14,15)/t8-/m0/s1. The van der Waals surface area contributed by atoms with E-state index in [4.69, 9.17) is 14.6 Å². The van der Waals surface area contributed by atoms with E-state index < -0.39 is 29.1 Å². The minimum Gasteiger partial charge on any atom is -0.481 e. The highest BCUT2D eigenvalue weighted by Crippen LogP contribution is 2.39. The summed E-state index contributed by atoms with van der Waals surface area (Å²) in [5.41, 5.74) is -1.05. The molecule has 1 N–H and O–H groups in total. The molecule has 18 heavy (non-hydrogen) atoms. The molecule has 2 heterocycles. The first-order chi connectivity index (χ1) is 8.23. The van der Waals surface area contributed by atoms with Crippen LogP contribution in [0, 0.1) is 5.92 Å². The zero-order valence-electron chi connectivity index (χ0n) is 10.9. The maximum absolute atomic E-state index is 12.1. The molecule has 0 aliphatic carbocycles. The van der Waals surface area contributed by atoms with E-state index in [9.17, 15) is 9.59 Å². The molecule has 1 amide bonds. The van der Waals surface area contributed by atoms with Crippen LogP contribution >= 0.6 is 0 Å². The van der Waals surface area contributed by atoms with Crippen molar-refractivity contribution < 1.29 is 24.2 Å².